The molecule has 0 radical (unpaired) electrons. The maximum absolute atomic E-state index is 14.1. The Balaban J connectivity index is 0.997. The summed E-state index contributed by atoms with van der Waals surface area (Å²) in [5, 5.41) is 4.17. The molecule has 1 N–H and O–H groups in total. The minimum absolute atomic E-state index is 0.00199. The molecule has 8 rings (SSSR count). The lowest BCUT2D eigenvalue weighted by Crippen LogP contribution is -2.68. The van der Waals surface area contributed by atoms with Crippen LogP contribution in [0.25, 0.3) is 0 Å². The molecule has 64 heavy (non-hydrogen) atoms. The zero-order valence-electron chi connectivity index (χ0n) is 40.2. The topological polar surface area (TPSA) is 102 Å². The molecule has 0 spiro atoms. The van der Waals surface area contributed by atoms with Gasteiger partial charge in [0.25, 0.3) is 0 Å². The molecule has 1 heterocycles. The van der Waals surface area contributed by atoms with Crippen LogP contribution in [-0.2, 0) is 35.5 Å². The van der Waals surface area contributed by atoms with Gasteiger partial charge < -0.3 is 14.8 Å². The van der Waals surface area contributed by atoms with Crippen LogP contribution in [0.5, 0.6) is 0 Å². The van der Waals surface area contributed by atoms with Gasteiger partial charge in [0.2, 0.25) is 0 Å². The maximum atomic E-state index is 14.1. The highest BCUT2D eigenvalue weighted by Crippen LogP contribution is 2.76. The summed E-state index contributed by atoms with van der Waals surface area (Å²) in [7, 11) is -3.29. The fourth-order valence-corrected chi connectivity index (χ4v) is 17.8. The van der Waals surface area contributed by atoms with Crippen LogP contribution in [0.4, 0.5) is 4.39 Å². The van der Waals surface area contributed by atoms with E-state index in [4.69, 9.17) is 9.47 Å². The molecule has 5 fully saturated rings. The van der Waals surface area contributed by atoms with Crippen molar-refractivity contribution in [3.8, 4) is 0 Å². The zero-order chi connectivity index (χ0) is 45.9. The van der Waals surface area contributed by atoms with Crippen molar-refractivity contribution in [1.82, 2.24) is 10.2 Å². The number of nitrogens with one attached hydrogen (secondary N) is 1. The number of rotatable bonds is 13. The minimum Gasteiger partial charge on any atom is -0.465 e. The van der Waals surface area contributed by atoms with E-state index in [2.05, 4.69) is 65.6 Å². The summed E-state index contributed by atoms with van der Waals surface area (Å²) < 4.78 is 50.5. The fraction of sp³-hybridized carbons (Fsp3) is 0.741. The SMILES string of the molecule is C=C(C)[C@@H]1CC[C@]2(NCCN3CCS(=O)(=O)CC3C(=O)OCC)CC[C@]3(C)[C@H](CC[C@@H]4[C@@]5(C)CC=C(C6=CC[C@@](CCF)(C(=O)OCc7ccccc7)CC6)C(C)(C)[C@@H]5CC[C@]43C)[C@@H]12. The molecular formula is C54H79FN2O6S. The Morgan fingerprint density at radius 3 is 2.36 bits per heavy atom. The van der Waals surface area contributed by atoms with Gasteiger partial charge in [-0.3, -0.25) is 18.9 Å². The Bertz CT molecular complexity index is 2120. The summed E-state index contributed by atoms with van der Waals surface area (Å²) in [4.78, 5) is 28.6. The van der Waals surface area contributed by atoms with Crippen LogP contribution in [0, 0.1) is 56.7 Å². The number of carbonyl (C=O) groups is 2. The lowest BCUT2D eigenvalue weighted by Gasteiger charge is -2.72. The van der Waals surface area contributed by atoms with Crippen LogP contribution < -0.4 is 5.32 Å². The maximum Gasteiger partial charge on any atom is 0.324 e. The van der Waals surface area contributed by atoms with Gasteiger partial charge in [-0.25, -0.2) is 8.42 Å². The summed E-state index contributed by atoms with van der Waals surface area (Å²) in [6.07, 6.45) is 17.5. The van der Waals surface area contributed by atoms with E-state index in [-0.39, 0.29) is 64.3 Å². The van der Waals surface area contributed by atoms with Gasteiger partial charge in [-0.05, 0) is 165 Å². The van der Waals surface area contributed by atoms with E-state index >= 15 is 0 Å². The van der Waals surface area contributed by atoms with Crippen LogP contribution >= 0.6 is 0 Å². The van der Waals surface area contributed by atoms with E-state index in [9.17, 15) is 22.4 Å². The first kappa shape index (κ1) is 47.7. The van der Waals surface area contributed by atoms with Crippen LogP contribution in [0.3, 0.4) is 0 Å². The number of benzene rings is 1. The number of alkyl halides is 1. The van der Waals surface area contributed by atoms with Crippen molar-refractivity contribution in [1.29, 1.82) is 0 Å². The van der Waals surface area contributed by atoms with Crippen LogP contribution in [0.1, 0.15) is 138 Å². The number of nitrogens with zero attached hydrogens (tertiary/aromatic N) is 1. The number of hydrogen-bond donors (Lipinski definition) is 1. The first-order chi connectivity index (χ1) is 30.3. The Hall–Kier alpha value is -2.82. The zero-order valence-corrected chi connectivity index (χ0v) is 41.1. The molecule has 0 amide bonds. The molecule has 1 unspecified atom stereocenters. The smallest absolute Gasteiger partial charge is 0.324 e. The predicted octanol–water partition coefficient (Wildman–Crippen LogP) is 10.4. The van der Waals surface area contributed by atoms with Gasteiger partial charge in [0.05, 0.1) is 30.2 Å². The number of halogens is 1. The number of hydrogen-bond acceptors (Lipinski definition) is 8. The number of esters is 2. The first-order valence-electron chi connectivity index (χ1n) is 25.0. The van der Waals surface area contributed by atoms with Gasteiger partial charge in [0.15, 0.2) is 9.84 Å². The monoisotopic (exact) mass is 903 g/mol. The van der Waals surface area contributed by atoms with Crippen molar-refractivity contribution in [2.24, 2.45) is 56.7 Å². The largest absolute Gasteiger partial charge is 0.465 e. The average molecular weight is 903 g/mol. The third-order valence-electron chi connectivity index (χ3n) is 19.8. The Kier molecular flexibility index (Phi) is 13.2. The van der Waals surface area contributed by atoms with Crippen molar-refractivity contribution in [2.75, 3.05) is 44.4 Å². The van der Waals surface area contributed by atoms with E-state index in [0.29, 0.717) is 62.1 Å². The van der Waals surface area contributed by atoms with Crippen molar-refractivity contribution in [3.05, 3.63) is 71.3 Å². The van der Waals surface area contributed by atoms with E-state index in [1.165, 1.54) is 48.8 Å². The second-order valence-corrected chi connectivity index (χ2v) is 25.2. The molecule has 6 aliphatic carbocycles. The molecular weight excluding hydrogens is 824 g/mol. The van der Waals surface area contributed by atoms with Crippen LogP contribution in [0.15, 0.2) is 65.8 Å². The summed E-state index contributed by atoms with van der Waals surface area (Å²) in [6, 6.07) is 9.00. The molecule has 7 aliphatic rings. The molecule has 1 aliphatic heterocycles. The highest BCUT2D eigenvalue weighted by molar-refractivity contribution is 7.91. The molecule has 0 bridgehead atoms. The molecule has 1 saturated heterocycles. The van der Waals surface area contributed by atoms with Gasteiger partial charge in [-0.1, -0.05) is 89.3 Å². The van der Waals surface area contributed by atoms with Crippen molar-refractivity contribution < 1.29 is 31.9 Å². The highest BCUT2D eigenvalue weighted by atomic mass is 32.2. The Morgan fingerprint density at radius 2 is 1.67 bits per heavy atom. The third-order valence-corrected chi connectivity index (χ3v) is 21.4. The van der Waals surface area contributed by atoms with Crippen LogP contribution in [-0.4, -0.2) is 81.3 Å². The van der Waals surface area contributed by atoms with Crippen molar-refractivity contribution in [3.63, 3.8) is 0 Å². The second kappa shape index (κ2) is 17.7. The number of ether oxygens (including phenoxy) is 2. The number of sulfone groups is 1. The third kappa shape index (κ3) is 8.01. The summed E-state index contributed by atoms with van der Waals surface area (Å²) in [5.74, 6) is 1.89. The minimum atomic E-state index is -3.29. The van der Waals surface area contributed by atoms with Crippen molar-refractivity contribution >= 4 is 21.8 Å². The lowest BCUT2D eigenvalue weighted by molar-refractivity contribution is -0.221. The van der Waals surface area contributed by atoms with Gasteiger partial charge in [0, 0.05) is 25.2 Å². The van der Waals surface area contributed by atoms with Crippen molar-refractivity contribution in [2.45, 2.75) is 150 Å². The fourth-order valence-electron chi connectivity index (χ4n) is 16.3. The van der Waals surface area contributed by atoms with Gasteiger partial charge in [-0.2, -0.15) is 0 Å². The van der Waals surface area contributed by atoms with E-state index in [0.717, 1.165) is 37.7 Å². The number of carbonyl (C=O) groups excluding carboxylic acids is 2. The number of allylic oxidation sites excluding steroid dienone is 5. The normalized spacial score (nSPS) is 40.1. The van der Waals surface area contributed by atoms with Crippen LogP contribution in [0.2, 0.25) is 0 Å². The molecule has 354 valence electrons. The predicted molar refractivity (Wildman–Crippen MR) is 253 cm³/mol. The molecule has 10 heteroatoms. The molecule has 4 saturated carbocycles. The number of fused-ring (bicyclic) bond motifs is 7. The molecule has 1 aromatic rings. The highest BCUT2D eigenvalue weighted by Gasteiger charge is 2.70. The molecule has 11 atom stereocenters. The van der Waals surface area contributed by atoms with E-state index in [1.54, 1.807) is 6.92 Å². The molecule has 8 nitrogen and oxygen atoms in total. The van der Waals surface area contributed by atoms with Gasteiger partial charge >= 0.3 is 11.9 Å². The standard InChI is InChI=1S/C54H79FN2O6S/c1-9-62-47(58)43-36-64(60,61)34-33-57(43)32-31-56-54-26-19-40(37(2)3)46(54)42-15-16-45-50(6)22-20-41(49(4,5)44(50)21-23-52(45,8)51(42,7)27-28-54)39-17-24-53(25-18-39,29-30-55)48(59)63-35-38-13-11-10-12-14-38/h10-14,17,20,40,42-46,56H,2,9,15-16,18-19,21-36H2,1,3-8H3/t40-,42+,43?,44-,45+,46+,50-,51+,52+,53+,54-/m0/s1. The molecule has 1 aromatic carbocycles. The molecule has 0 aromatic heterocycles. The first-order valence-corrected chi connectivity index (χ1v) is 26.8. The van der Waals surface area contributed by atoms with E-state index in [1.807, 2.05) is 35.2 Å². The Morgan fingerprint density at radius 1 is 0.906 bits per heavy atom. The van der Waals surface area contributed by atoms with Gasteiger partial charge in [0.1, 0.15) is 12.6 Å². The summed E-state index contributed by atoms with van der Waals surface area (Å²) in [6.45, 7) is 23.2. The second-order valence-electron chi connectivity index (χ2n) is 22.9. The lowest BCUT2D eigenvalue weighted by atomic mass is 9.33. The Labute approximate surface area is 384 Å². The summed E-state index contributed by atoms with van der Waals surface area (Å²) >= 11 is 0. The van der Waals surface area contributed by atoms with Gasteiger partial charge in [-0.15, -0.1) is 0 Å². The van der Waals surface area contributed by atoms with E-state index < -0.39 is 33.9 Å². The average Bonchev–Trinajstić information content (AvgIpc) is 3.64. The quantitative estimate of drug-likeness (QED) is 0.154. The summed E-state index contributed by atoms with van der Waals surface area (Å²) in [5.41, 5.74) is 4.75.